The second-order valence-corrected chi connectivity index (χ2v) is 7.50. The van der Waals surface area contributed by atoms with E-state index in [4.69, 9.17) is 16.3 Å². The lowest BCUT2D eigenvalue weighted by Gasteiger charge is -2.28. The molecule has 152 valence electrons. The van der Waals surface area contributed by atoms with Gasteiger partial charge in [0.25, 0.3) is 0 Å². The molecule has 0 aliphatic carbocycles. The van der Waals surface area contributed by atoms with Gasteiger partial charge in [0.15, 0.2) is 11.6 Å². The standard InChI is InChI=1S/C21H22ClFN4O2/c1-13(28)24-20-21(26-9-4-3-5-10-26)27-12-15(22)14(11-18(27)25-20)19-16(23)7-6-8-17(19)29-2/h6-8,11-12H,3-5,9-10H2,1-2H3,(H,24,28). The maximum absolute atomic E-state index is 14.6. The molecule has 1 fully saturated rings. The van der Waals surface area contributed by atoms with E-state index in [9.17, 15) is 9.18 Å². The van der Waals surface area contributed by atoms with Gasteiger partial charge in [-0.1, -0.05) is 17.7 Å². The number of halogens is 2. The van der Waals surface area contributed by atoms with Gasteiger partial charge in [-0.25, -0.2) is 9.37 Å². The van der Waals surface area contributed by atoms with Crippen LogP contribution in [0.1, 0.15) is 26.2 Å². The molecule has 4 rings (SSSR count). The van der Waals surface area contributed by atoms with Gasteiger partial charge >= 0.3 is 0 Å². The van der Waals surface area contributed by atoms with Crippen molar-refractivity contribution < 1.29 is 13.9 Å². The highest BCUT2D eigenvalue weighted by atomic mass is 35.5. The number of imidazole rings is 1. The molecule has 0 bridgehead atoms. The lowest BCUT2D eigenvalue weighted by molar-refractivity contribution is -0.114. The number of nitrogens with zero attached hydrogens (tertiary/aromatic N) is 3. The van der Waals surface area contributed by atoms with E-state index in [0.29, 0.717) is 27.8 Å². The van der Waals surface area contributed by atoms with Gasteiger partial charge in [0.2, 0.25) is 5.91 Å². The van der Waals surface area contributed by atoms with E-state index in [1.54, 1.807) is 24.4 Å². The molecule has 8 heteroatoms. The number of hydrogen-bond acceptors (Lipinski definition) is 4. The van der Waals surface area contributed by atoms with Crippen molar-refractivity contribution in [3.8, 4) is 16.9 Å². The number of piperidine rings is 1. The fourth-order valence-corrected chi connectivity index (χ4v) is 4.08. The van der Waals surface area contributed by atoms with Gasteiger partial charge in [-0.15, -0.1) is 0 Å². The predicted molar refractivity (Wildman–Crippen MR) is 113 cm³/mol. The number of fused-ring (bicyclic) bond motifs is 1. The molecule has 1 amide bonds. The average molecular weight is 417 g/mol. The number of amides is 1. The number of hydrogen-bond donors (Lipinski definition) is 1. The van der Waals surface area contributed by atoms with E-state index in [1.165, 1.54) is 26.5 Å². The number of methoxy groups -OCH3 is 1. The van der Waals surface area contributed by atoms with E-state index in [1.807, 2.05) is 4.40 Å². The van der Waals surface area contributed by atoms with Crippen LogP contribution in [0.15, 0.2) is 30.5 Å². The van der Waals surface area contributed by atoms with Crippen LogP contribution in [0, 0.1) is 5.82 Å². The largest absolute Gasteiger partial charge is 0.496 e. The Morgan fingerprint density at radius 2 is 2.03 bits per heavy atom. The summed E-state index contributed by atoms with van der Waals surface area (Å²) >= 11 is 6.59. The quantitative estimate of drug-likeness (QED) is 0.666. The van der Waals surface area contributed by atoms with E-state index in [2.05, 4.69) is 15.2 Å². The molecule has 3 heterocycles. The van der Waals surface area contributed by atoms with Crippen molar-refractivity contribution in [2.75, 3.05) is 30.4 Å². The van der Waals surface area contributed by atoms with Crippen molar-refractivity contribution in [1.29, 1.82) is 0 Å². The molecule has 1 aliphatic rings. The van der Waals surface area contributed by atoms with E-state index < -0.39 is 5.82 Å². The number of rotatable bonds is 4. The van der Waals surface area contributed by atoms with Crippen LogP contribution in [-0.4, -0.2) is 35.5 Å². The van der Waals surface area contributed by atoms with Gasteiger partial charge in [-0.3, -0.25) is 9.20 Å². The summed E-state index contributed by atoms with van der Waals surface area (Å²) in [5.74, 6) is 1.03. The molecule has 0 radical (unpaired) electrons. The number of benzene rings is 1. The van der Waals surface area contributed by atoms with Crippen LogP contribution < -0.4 is 15.0 Å². The number of aromatic nitrogens is 2. The first-order valence-corrected chi connectivity index (χ1v) is 9.94. The van der Waals surface area contributed by atoms with Gasteiger partial charge in [0.1, 0.15) is 17.2 Å². The molecular weight excluding hydrogens is 395 g/mol. The molecule has 0 atom stereocenters. The first-order valence-electron chi connectivity index (χ1n) is 9.56. The Morgan fingerprint density at radius 3 is 2.72 bits per heavy atom. The molecule has 0 saturated carbocycles. The van der Waals surface area contributed by atoms with Gasteiger partial charge in [-0.2, -0.15) is 0 Å². The molecule has 1 aliphatic heterocycles. The first-order chi connectivity index (χ1) is 14.0. The van der Waals surface area contributed by atoms with Crippen molar-refractivity contribution in [2.45, 2.75) is 26.2 Å². The van der Waals surface area contributed by atoms with Gasteiger partial charge < -0.3 is 15.0 Å². The van der Waals surface area contributed by atoms with Crippen molar-refractivity contribution in [3.05, 3.63) is 41.3 Å². The molecule has 3 aromatic rings. The van der Waals surface area contributed by atoms with Gasteiger partial charge in [0.05, 0.1) is 17.7 Å². The number of nitrogens with one attached hydrogen (secondary N) is 1. The monoisotopic (exact) mass is 416 g/mol. The molecule has 1 N–H and O–H groups in total. The Labute approximate surface area is 173 Å². The lowest BCUT2D eigenvalue weighted by atomic mass is 10.0. The highest BCUT2D eigenvalue weighted by Crippen LogP contribution is 2.39. The molecule has 29 heavy (non-hydrogen) atoms. The van der Waals surface area contributed by atoms with Crippen LogP contribution in [0.2, 0.25) is 5.02 Å². The van der Waals surface area contributed by atoms with Crippen LogP contribution in [0.25, 0.3) is 16.8 Å². The van der Waals surface area contributed by atoms with Crippen LogP contribution in [-0.2, 0) is 4.79 Å². The summed E-state index contributed by atoms with van der Waals surface area (Å²) in [6, 6.07) is 6.36. The fraction of sp³-hybridized carbons (Fsp3) is 0.333. The van der Waals surface area contributed by atoms with Crippen molar-refractivity contribution in [2.24, 2.45) is 0 Å². The Morgan fingerprint density at radius 1 is 1.28 bits per heavy atom. The summed E-state index contributed by atoms with van der Waals surface area (Å²) in [7, 11) is 1.49. The SMILES string of the molecule is COc1cccc(F)c1-c1cc2nc(NC(C)=O)c(N3CCCCC3)n2cc1Cl. The van der Waals surface area contributed by atoms with Crippen molar-refractivity contribution >= 4 is 34.8 Å². The van der Waals surface area contributed by atoms with E-state index in [0.717, 1.165) is 31.7 Å². The molecule has 0 unspecified atom stereocenters. The molecular formula is C21H22ClFN4O2. The maximum atomic E-state index is 14.6. The zero-order chi connectivity index (χ0) is 20.5. The molecule has 1 saturated heterocycles. The normalized spacial score (nSPS) is 14.3. The molecule has 1 aromatic carbocycles. The third-order valence-electron chi connectivity index (χ3n) is 5.10. The highest BCUT2D eigenvalue weighted by Gasteiger charge is 2.24. The first kappa shape index (κ1) is 19.5. The second kappa shape index (κ2) is 7.91. The smallest absolute Gasteiger partial charge is 0.222 e. The summed E-state index contributed by atoms with van der Waals surface area (Å²) in [4.78, 5) is 18.5. The maximum Gasteiger partial charge on any atom is 0.222 e. The highest BCUT2D eigenvalue weighted by molar-refractivity contribution is 6.33. The summed E-state index contributed by atoms with van der Waals surface area (Å²) in [5, 5.41) is 3.18. The van der Waals surface area contributed by atoms with Crippen molar-refractivity contribution in [3.63, 3.8) is 0 Å². The zero-order valence-electron chi connectivity index (χ0n) is 16.3. The average Bonchev–Trinajstić information content (AvgIpc) is 3.03. The number of carbonyl (C=O) groups is 1. The second-order valence-electron chi connectivity index (χ2n) is 7.09. The number of carbonyl (C=O) groups excluding carboxylic acids is 1. The Balaban J connectivity index is 1.92. The van der Waals surface area contributed by atoms with E-state index in [-0.39, 0.29) is 11.5 Å². The van der Waals surface area contributed by atoms with E-state index >= 15 is 0 Å². The number of ether oxygens (including phenoxy) is 1. The summed E-state index contributed by atoms with van der Waals surface area (Å²) in [5.41, 5.74) is 1.34. The molecule has 2 aromatic heterocycles. The zero-order valence-corrected chi connectivity index (χ0v) is 17.1. The van der Waals surface area contributed by atoms with Gasteiger partial charge in [-0.05, 0) is 37.5 Å². The predicted octanol–water partition coefficient (Wildman–Crippen LogP) is 4.75. The number of anilines is 2. The Hall–Kier alpha value is -2.80. The summed E-state index contributed by atoms with van der Waals surface area (Å²) in [6.45, 7) is 3.20. The van der Waals surface area contributed by atoms with Crippen LogP contribution in [0.3, 0.4) is 0 Å². The molecule has 6 nitrogen and oxygen atoms in total. The van der Waals surface area contributed by atoms with Crippen molar-refractivity contribution in [1.82, 2.24) is 9.38 Å². The lowest BCUT2D eigenvalue weighted by Crippen LogP contribution is -2.31. The topological polar surface area (TPSA) is 58.9 Å². The minimum Gasteiger partial charge on any atom is -0.496 e. The number of pyridine rings is 1. The summed E-state index contributed by atoms with van der Waals surface area (Å²) < 4.78 is 21.8. The van der Waals surface area contributed by atoms with Crippen LogP contribution in [0.4, 0.5) is 16.0 Å². The van der Waals surface area contributed by atoms with Crippen LogP contribution >= 0.6 is 11.6 Å². The third kappa shape index (κ3) is 3.62. The minimum absolute atomic E-state index is 0.200. The third-order valence-corrected chi connectivity index (χ3v) is 5.40. The Kier molecular flexibility index (Phi) is 5.32. The Bertz CT molecular complexity index is 1080. The molecule has 0 spiro atoms. The summed E-state index contributed by atoms with van der Waals surface area (Å²) in [6.07, 6.45) is 5.05. The fourth-order valence-electron chi connectivity index (χ4n) is 3.84. The minimum atomic E-state index is -0.430. The van der Waals surface area contributed by atoms with Gasteiger partial charge in [0, 0.05) is 31.8 Å². The van der Waals surface area contributed by atoms with Crippen LogP contribution in [0.5, 0.6) is 5.75 Å².